The van der Waals surface area contributed by atoms with Gasteiger partial charge in [0.2, 0.25) is 0 Å². The number of nitrogens with zero attached hydrogens (tertiary/aromatic N) is 3. The summed E-state index contributed by atoms with van der Waals surface area (Å²) in [6, 6.07) is 1.15. The highest BCUT2D eigenvalue weighted by molar-refractivity contribution is 7.17. The van der Waals surface area contributed by atoms with Gasteiger partial charge in [0.05, 0.1) is 10.6 Å². The molecule has 0 aliphatic carbocycles. The van der Waals surface area contributed by atoms with Crippen LogP contribution in [-0.2, 0) is 0 Å². The van der Waals surface area contributed by atoms with E-state index in [9.17, 15) is 4.79 Å². The Morgan fingerprint density at radius 3 is 2.85 bits per heavy atom. The van der Waals surface area contributed by atoms with Gasteiger partial charge in [-0.3, -0.25) is 9.69 Å². The smallest absolute Gasteiger partial charge is 0.186 e. The second kappa shape index (κ2) is 5.45. The molecule has 0 saturated carbocycles. The molecule has 1 aromatic rings. The van der Waals surface area contributed by atoms with Crippen LogP contribution in [-0.4, -0.2) is 47.4 Å². The lowest BCUT2D eigenvalue weighted by molar-refractivity contribution is 0.102. The molecule has 3 rings (SSSR count). The van der Waals surface area contributed by atoms with Crippen LogP contribution in [0.1, 0.15) is 48.5 Å². The van der Waals surface area contributed by atoms with Crippen LogP contribution in [0.4, 0.5) is 5.13 Å². The summed E-state index contributed by atoms with van der Waals surface area (Å²) in [4.78, 5) is 22.1. The van der Waals surface area contributed by atoms with Crippen LogP contribution in [0.3, 0.4) is 0 Å². The quantitative estimate of drug-likeness (QED) is 0.786. The highest BCUT2D eigenvalue weighted by Crippen LogP contribution is 2.32. The van der Waals surface area contributed by atoms with Gasteiger partial charge >= 0.3 is 0 Å². The largest absolute Gasteiger partial charge is 0.343 e. The topological polar surface area (TPSA) is 36.4 Å². The Balaban J connectivity index is 1.82. The first-order valence-electron chi connectivity index (χ1n) is 7.55. The second-order valence-electron chi connectivity index (χ2n) is 6.11. The second-order valence-corrected chi connectivity index (χ2v) is 7.09. The van der Waals surface area contributed by atoms with E-state index in [1.165, 1.54) is 25.8 Å². The van der Waals surface area contributed by atoms with Crippen LogP contribution in [0.2, 0.25) is 0 Å². The summed E-state index contributed by atoms with van der Waals surface area (Å²) in [5.41, 5.74) is 0.885. The van der Waals surface area contributed by atoms with Gasteiger partial charge in [0.1, 0.15) is 0 Å². The summed E-state index contributed by atoms with van der Waals surface area (Å²) in [5, 5.41) is 1.03. The minimum atomic E-state index is 0.134. The number of ketones is 1. The molecule has 0 spiro atoms. The molecule has 2 aliphatic heterocycles. The van der Waals surface area contributed by atoms with Gasteiger partial charge in [-0.2, -0.15) is 0 Å². The van der Waals surface area contributed by atoms with Gasteiger partial charge in [0, 0.05) is 32.1 Å². The standard InChI is InChI=1S/C15H23N3OS/c1-10-8-17-7-5-4-6-13(17)9-18(10)15-16-11(2)14(20-15)12(3)19/h10,13H,4-9H2,1-3H3. The Kier molecular flexibility index (Phi) is 3.82. The molecule has 0 bridgehead atoms. The number of hydrogen-bond donors (Lipinski definition) is 0. The first kappa shape index (κ1) is 14.0. The number of aromatic nitrogens is 1. The van der Waals surface area contributed by atoms with E-state index in [2.05, 4.69) is 21.7 Å². The van der Waals surface area contributed by atoms with Crippen LogP contribution in [0, 0.1) is 6.92 Å². The van der Waals surface area contributed by atoms with E-state index in [1.807, 2.05) is 6.92 Å². The molecule has 20 heavy (non-hydrogen) atoms. The molecule has 2 unspecified atom stereocenters. The van der Waals surface area contributed by atoms with Crippen LogP contribution in [0.5, 0.6) is 0 Å². The lowest BCUT2D eigenvalue weighted by Gasteiger charge is -2.47. The number of carbonyl (C=O) groups excluding carboxylic acids is 1. The van der Waals surface area contributed by atoms with Crippen LogP contribution < -0.4 is 4.90 Å². The number of thiazole rings is 1. The zero-order chi connectivity index (χ0) is 14.3. The Bertz CT molecular complexity index is 513. The highest BCUT2D eigenvalue weighted by Gasteiger charge is 2.34. The number of aryl methyl sites for hydroxylation is 1. The maximum Gasteiger partial charge on any atom is 0.186 e. The number of carbonyl (C=O) groups is 1. The summed E-state index contributed by atoms with van der Waals surface area (Å²) < 4.78 is 0. The molecule has 1 aromatic heterocycles. The molecule has 2 saturated heterocycles. The maximum atomic E-state index is 11.6. The van der Waals surface area contributed by atoms with Gasteiger partial charge < -0.3 is 4.90 Å². The van der Waals surface area contributed by atoms with Gasteiger partial charge in [-0.05, 0) is 33.2 Å². The number of rotatable bonds is 2. The minimum absolute atomic E-state index is 0.134. The Morgan fingerprint density at radius 1 is 1.35 bits per heavy atom. The van der Waals surface area contributed by atoms with Crippen LogP contribution in [0.15, 0.2) is 0 Å². The number of hydrogen-bond acceptors (Lipinski definition) is 5. The maximum absolute atomic E-state index is 11.6. The first-order chi connectivity index (χ1) is 9.56. The molecular formula is C15H23N3OS. The van der Waals surface area contributed by atoms with Crippen molar-refractivity contribution in [3.8, 4) is 0 Å². The van der Waals surface area contributed by atoms with Crippen molar-refractivity contribution in [1.82, 2.24) is 9.88 Å². The third-order valence-corrected chi connectivity index (χ3v) is 5.83. The fourth-order valence-corrected chi connectivity index (χ4v) is 4.52. The molecule has 0 aromatic carbocycles. The van der Waals surface area contributed by atoms with Crippen molar-refractivity contribution in [2.45, 2.75) is 52.1 Å². The number of Topliss-reactive ketones (excluding diaryl/α,β-unsaturated/α-hetero) is 1. The van der Waals surface area contributed by atoms with E-state index in [-0.39, 0.29) is 5.78 Å². The van der Waals surface area contributed by atoms with Crippen molar-refractivity contribution in [2.24, 2.45) is 0 Å². The molecule has 0 amide bonds. The van der Waals surface area contributed by atoms with Crippen LogP contribution >= 0.6 is 11.3 Å². The molecule has 110 valence electrons. The average Bonchev–Trinajstić information content (AvgIpc) is 2.80. The van der Waals surface area contributed by atoms with E-state index in [4.69, 9.17) is 0 Å². The van der Waals surface area contributed by atoms with Crippen molar-refractivity contribution in [1.29, 1.82) is 0 Å². The van der Waals surface area contributed by atoms with Gasteiger partial charge in [-0.25, -0.2) is 4.98 Å². The normalized spacial score (nSPS) is 27.4. The molecule has 2 fully saturated rings. The third-order valence-electron chi connectivity index (χ3n) is 4.54. The summed E-state index contributed by atoms with van der Waals surface area (Å²) in [7, 11) is 0. The van der Waals surface area contributed by atoms with Crippen molar-refractivity contribution >= 4 is 22.3 Å². The molecule has 0 radical (unpaired) electrons. The zero-order valence-electron chi connectivity index (χ0n) is 12.6. The van der Waals surface area contributed by atoms with Gasteiger partial charge in [-0.15, -0.1) is 0 Å². The lowest BCUT2D eigenvalue weighted by atomic mass is 9.97. The first-order valence-corrected chi connectivity index (χ1v) is 8.37. The summed E-state index contributed by atoms with van der Waals surface area (Å²) >= 11 is 1.56. The van der Waals surface area contributed by atoms with Gasteiger partial charge in [-0.1, -0.05) is 17.8 Å². The van der Waals surface area contributed by atoms with Crippen molar-refractivity contribution in [3.05, 3.63) is 10.6 Å². The monoisotopic (exact) mass is 293 g/mol. The van der Waals surface area contributed by atoms with E-state index in [0.29, 0.717) is 12.1 Å². The van der Waals surface area contributed by atoms with Crippen molar-refractivity contribution in [3.63, 3.8) is 0 Å². The Morgan fingerprint density at radius 2 is 2.15 bits per heavy atom. The van der Waals surface area contributed by atoms with Gasteiger partial charge in [0.25, 0.3) is 0 Å². The molecule has 2 aliphatic rings. The van der Waals surface area contributed by atoms with E-state index in [1.54, 1.807) is 18.3 Å². The zero-order valence-corrected chi connectivity index (χ0v) is 13.4. The van der Waals surface area contributed by atoms with E-state index < -0.39 is 0 Å². The predicted octanol–water partition coefficient (Wildman–Crippen LogP) is 2.72. The molecule has 0 N–H and O–H groups in total. The molecule has 4 nitrogen and oxygen atoms in total. The molecule has 2 atom stereocenters. The predicted molar refractivity (Wildman–Crippen MR) is 82.9 cm³/mol. The summed E-state index contributed by atoms with van der Waals surface area (Å²) in [6.45, 7) is 9.28. The Hall–Kier alpha value is -0.940. The fourth-order valence-electron chi connectivity index (χ4n) is 3.45. The molecule has 5 heteroatoms. The fraction of sp³-hybridized carbons (Fsp3) is 0.733. The number of fused-ring (bicyclic) bond motifs is 1. The molecule has 3 heterocycles. The third kappa shape index (κ3) is 2.49. The van der Waals surface area contributed by atoms with Crippen molar-refractivity contribution < 1.29 is 4.79 Å². The van der Waals surface area contributed by atoms with E-state index >= 15 is 0 Å². The van der Waals surface area contributed by atoms with Crippen LogP contribution in [0.25, 0.3) is 0 Å². The minimum Gasteiger partial charge on any atom is -0.343 e. The number of anilines is 1. The lowest BCUT2D eigenvalue weighted by Crippen LogP contribution is -2.58. The Labute approximate surface area is 124 Å². The number of piperidine rings is 1. The average molecular weight is 293 g/mol. The van der Waals surface area contributed by atoms with Crippen molar-refractivity contribution in [2.75, 3.05) is 24.5 Å². The SMILES string of the molecule is CC(=O)c1sc(N2CC3CCCCN3CC2C)nc1C. The summed E-state index contributed by atoms with van der Waals surface area (Å²) in [6.07, 6.45) is 3.99. The highest BCUT2D eigenvalue weighted by atomic mass is 32.1. The van der Waals surface area contributed by atoms with Gasteiger partial charge in [0.15, 0.2) is 10.9 Å². The molecular weight excluding hydrogens is 270 g/mol. The summed E-state index contributed by atoms with van der Waals surface area (Å²) in [5.74, 6) is 0.134. The number of piperazine rings is 1. The van der Waals surface area contributed by atoms with E-state index in [0.717, 1.165) is 28.8 Å².